The molecule has 202 valence electrons. The lowest BCUT2D eigenvalue weighted by atomic mass is 9.72. The van der Waals surface area contributed by atoms with Crippen LogP contribution in [0.5, 0.6) is 5.75 Å². The van der Waals surface area contributed by atoms with Crippen LogP contribution in [0.3, 0.4) is 0 Å². The van der Waals surface area contributed by atoms with E-state index >= 15 is 0 Å². The molecule has 4 rings (SSSR count). The Bertz CT molecular complexity index is 1210. The first-order valence-electron chi connectivity index (χ1n) is 13.5. The number of nitrogens with two attached hydrogens (primary N) is 1. The van der Waals surface area contributed by atoms with Gasteiger partial charge in [0.05, 0.1) is 19.0 Å². The normalized spacial score (nSPS) is 15.0. The van der Waals surface area contributed by atoms with Crippen molar-refractivity contribution < 1.29 is 9.53 Å². The van der Waals surface area contributed by atoms with Crippen molar-refractivity contribution in [2.45, 2.75) is 57.8 Å². The van der Waals surface area contributed by atoms with Crippen molar-refractivity contribution in [1.82, 2.24) is 10.3 Å². The summed E-state index contributed by atoms with van der Waals surface area (Å²) in [6, 6.07) is 16.1. The number of benzene rings is 2. The molecule has 7 heteroatoms. The molecule has 1 saturated heterocycles. The molecule has 3 aromatic rings. The number of carbonyl (C=O) groups excluding carboxylic acids is 1. The van der Waals surface area contributed by atoms with E-state index in [9.17, 15) is 4.79 Å². The molecule has 0 aliphatic carbocycles. The minimum absolute atomic E-state index is 0.199. The predicted molar refractivity (Wildman–Crippen MR) is 156 cm³/mol. The second-order valence-electron chi connectivity index (χ2n) is 10.9. The molecule has 1 aromatic heterocycles. The van der Waals surface area contributed by atoms with Crippen LogP contribution in [0.1, 0.15) is 69.1 Å². The fourth-order valence-electron chi connectivity index (χ4n) is 5.43. The summed E-state index contributed by atoms with van der Waals surface area (Å²) in [6.07, 6.45) is 5.50. The SMILES string of the molecule is COc1cccc(C2(CNC(=O)Nc3c(C(C)C)cc(N)cc3C(C)C)CCN(c3cccnc3)CC2)c1. The zero-order valence-corrected chi connectivity index (χ0v) is 23.3. The van der Waals surface area contributed by atoms with Crippen LogP contribution < -0.4 is 26.0 Å². The van der Waals surface area contributed by atoms with Gasteiger partial charge in [-0.2, -0.15) is 0 Å². The molecule has 0 bridgehead atoms. The molecule has 0 unspecified atom stereocenters. The van der Waals surface area contributed by atoms with E-state index in [1.54, 1.807) is 13.3 Å². The Morgan fingerprint density at radius 1 is 1.05 bits per heavy atom. The molecule has 2 heterocycles. The highest BCUT2D eigenvalue weighted by Crippen LogP contribution is 2.38. The smallest absolute Gasteiger partial charge is 0.319 e. The number of anilines is 3. The number of methoxy groups -OCH3 is 1. The average molecular weight is 516 g/mol. The maximum absolute atomic E-state index is 13.4. The first kappa shape index (κ1) is 27.3. The Balaban J connectivity index is 1.56. The maximum Gasteiger partial charge on any atom is 0.319 e. The van der Waals surface area contributed by atoms with Gasteiger partial charge >= 0.3 is 6.03 Å². The standard InChI is InChI=1S/C31H41N5O2/c1-21(2)27-17-24(32)18-28(22(3)4)29(27)35-30(37)34-20-31(23-8-6-10-26(16-23)38-5)11-14-36(15-12-31)25-9-7-13-33-19-25/h6-10,13,16-19,21-22H,11-12,14-15,20,32H2,1-5H3,(H2,34,35,37). The monoisotopic (exact) mass is 515 g/mol. The Morgan fingerprint density at radius 2 is 1.74 bits per heavy atom. The van der Waals surface area contributed by atoms with Crippen LogP contribution in [0.4, 0.5) is 21.9 Å². The number of aromatic nitrogens is 1. The first-order chi connectivity index (χ1) is 18.2. The van der Waals surface area contributed by atoms with E-state index in [1.807, 2.05) is 36.5 Å². The highest BCUT2D eigenvalue weighted by Gasteiger charge is 2.37. The lowest BCUT2D eigenvalue weighted by Gasteiger charge is -2.43. The van der Waals surface area contributed by atoms with Crippen molar-refractivity contribution in [2.24, 2.45) is 0 Å². The molecule has 0 radical (unpaired) electrons. The molecule has 1 aliphatic rings. The van der Waals surface area contributed by atoms with Crippen LogP contribution in [0, 0.1) is 0 Å². The third kappa shape index (κ3) is 6.04. The second-order valence-corrected chi connectivity index (χ2v) is 10.9. The van der Waals surface area contributed by atoms with E-state index in [1.165, 1.54) is 5.56 Å². The van der Waals surface area contributed by atoms with Crippen molar-refractivity contribution >= 4 is 23.1 Å². The average Bonchev–Trinajstić information content (AvgIpc) is 2.93. The number of hydrogen-bond donors (Lipinski definition) is 3. The lowest BCUT2D eigenvalue weighted by Crippen LogP contribution is -2.49. The van der Waals surface area contributed by atoms with Crippen LogP contribution in [-0.2, 0) is 5.41 Å². The molecule has 7 nitrogen and oxygen atoms in total. The van der Waals surface area contributed by atoms with Gasteiger partial charge in [0.1, 0.15) is 5.75 Å². The lowest BCUT2D eigenvalue weighted by molar-refractivity contribution is 0.244. The molecule has 0 saturated carbocycles. The largest absolute Gasteiger partial charge is 0.497 e. The van der Waals surface area contributed by atoms with Crippen LogP contribution in [0.15, 0.2) is 60.9 Å². The molecular formula is C31H41N5O2. The molecule has 2 aromatic carbocycles. The minimum Gasteiger partial charge on any atom is -0.497 e. The molecule has 38 heavy (non-hydrogen) atoms. The highest BCUT2D eigenvalue weighted by atomic mass is 16.5. The van der Waals surface area contributed by atoms with Gasteiger partial charge in [-0.05, 0) is 77.8 Å². The zero-order chi connectivity index (χ0) is 27.3. The van der Waals surface area contributed by atoms with Crippen molar-refractivity contribution in [3.8, 4) is 5.75 Å². The number of nitrogens with one attached hydrogen (secondary N) is 2. The summed E-state index contributed by atoms with van der Waals surface area (Å²) >= 11 is 0. The molecular weight excluding hydrogens is 474 g/mol. The van der Waals surface area contributed by atoms with E-state index in [4.69, 9.17) is 10.5 Å². The minimum atomic E-state index is -0.215. The number of nitrogen functional groups attached to an aromatic ring is 1. The third-order valence-corrected chi connectivity index (χ3v) is 7.71. The van der Waals surface area contributed by atoms with E-state index in [0.29, 0.717) is 6.54 Å². The van der Waals surface area contributed by atoms with Crippen LogP contribution in [0.25, 0.3) is 0 Å². The topological polar surface area (TPSA) is 92.5 Å². The fourth-order valence-corrected chi connectivity index (χ4v) is 5.43. The van der Waals surface area contributed by atoms with Gasteiger partial charge in [0.2, 0.25) is 0 Å². The predicted octanol–water partition coefficient (Wildman–Crippen LogP) is 6.28. The van der Waals surface area contributed by atoms with Crippen LogP contribution in [-0.4, -0.2) is 37.8 Å². The number of piperidine rings is 1. The zero-order valence-electron chi connectivity index (χ0n) is 23.3. The van der Waals surface area contributed by atoms with E-state index in [2.05, 4.69) is 66.4 Å². The van der Waals surface area contributed by atoms with Crippen molar-refractivity contribution in [3.05, 3.63) is 77.6 Å². The summed E-state index contributed by atoms with van der Waals surface area (Å²) < 4.78 is 5.54. The van der Waals surface area contributed by atoms with Gasteiger partial charge in [0.25, 0.3) is 0 Å². The molecule has 4 N–H and O–H groups in total. The summed E-state index contributed by atoms with van der Waals surface area (Å²) in [6.45, 7) is 10.8. The molecule has 1 aliphatic heterocycles. The number of pyridine rings is 1. The van der Waals surface area contributed by atoms with Gasteiger partial charge in [-0.1, -0.05) is 39.8 Å². The number of nitrogens with zero attached hydrogens (tertiary/aromatic N) is 2. The van der Waals surface area contributed by atoms with Gasteiger partial charge in [0.15, 0.2) is 0 Å². The molecule has 2 amide bonds. The fraction of sp³-hybridized carbons (Fsp3) is 0.419. The summed E-state index contributed by atoms with van der Waals surface area (Å²) in [5, 5.41) is 6.41. The van der Waals surface area contributed by atoms with Gasteiger partial charge in [-0.15, -0.1) is 0 Å². The van der Waals surface area contributed by atoms with E-state index in [0.717, 1.165) is 59.9 Å². The number of urea groups is 1. The van der Waals surface area contributed by atoms with Gasteiger partial charge in [-0.25, -0.2) is 4.79 Å². The summed E-state index contributed by atoms with van der Waals surface area (Å²) in [5.74, 6) is 1.28. The summed E-state index contributed by atoms with van der Waals surface area (Å²) in [5.41, 5.74) is 12.0. The number of hydrogen-bond acceptors (Lipinski definition) is 5. The van der Waals surface area contributed by atoms with Gasteiger partial charge < -0.3 is 26.0 Å². The van der Waals surface area contributed by atoms with Gasteiger partial charge in [-0.3, -0.25) is 4.98 Å². The Kier molecular flexibility index (Phi) is 8.45. The van der Waals surface area contributed by atoms with Gasteiger partial charge in [0, 0.05) is 42.6 Å². The van der Waals surface area contributed by atoms with Crippen molar-refractivity contribution in [3.63, 3.8) is 0 Å². The van der Waals surface area contributed by atoms with E-state index < -0.39 is 0 Å². The van der Waals surface area contributed by atoms with Crippen LogP contribution in [0.2, 0.25) is 0 Å². The maximum atomic E-state index is 13.4. The summed E-state index contributed by atoms with van der Waals surface area (Å²) in [7, 11) is 1.69. The van der Waals surface area contributed by atoms with Crippen molar-refractivity contribution in [2.75, 3.05) is 42.7 Å². The Hall–Kier alpha value is -3.74. The summed E-state index contributed by atoms with van der Waals surface area (Å²) in [4.78, 5) is 20.0. The number of ether oxygens (including phenoxy) is 1. The number of carbonyl (C=O) groups is 1. The van der Waals surface area contributed by atoms with E-state index in [-0.39, 0.29) is 23.3 Å². The third-order valence-electron chi connectivity index (χ3n) is 7.71. The second kappa shape index (κ2) is 11.8. The number of rotatable bonds is 8. The van der Waals surface area contributed by atoms with Crippen molar-refractivity contribution in [1.29, 1.82) is 0 Å². The molecule has 0 atom stereocenters. The molecule has 0 spiro atoms. The quantitative estimate of drug-likeness (QED) is 0.307. The Morgan fingerprint density at radius 3 is 2.32 bits per heavy atom. The number of amides is 2. The van der Waals surface area contributed by atoms with Crippen LogP contribution >= 0.6 is 0 Å². The Labute approximate surface area is 226 Å². The molecule has 1 fully saturated rings. The highest BCUT2D eigenvalue weighted by molar-refractivity contribution is 5.92. The first-order valence-corrected chi connectivity index (χ1v) is 13.5.